The zero-order valence-corrected chi connectivity index (χ0v) is 13.3. The molecule has 0 spiro atoms. The van der Waals surface area contributed by atoms with E-state index in [2.05, 4.69) is 15.6 Å². The number of aromatic nitrogens is 1. The Labute approximate surface area is 132 Å². The second-order valence-electron chi connectivity index (χ2n) is 4.46. The Kier molecular flexibility index (Phi) is 5.41. The number of carbonyl (C=O) groups is 1. The zero-order valence-electron chi connectivity index (χ0n) is 11.7. The number of nitrogens with one attached hydrogen (secondary N) is 2. The number of hydrogen-bond acceptors (Lipinski definition) is 4. The number of anilines is 1. The van der Waals surface area contributed by atoms with Crippen LogP contribution in [0.4, 0.5) is 10.5 Å². The number of thiazole rings is 1. The third kappa shape index (κ3) is 4.34. The summed E-state index contributed by atoms with van der Waals surface area (Å²) in [6.45, 7) is 2.54. The summed E-state index contributed by atoms with van der Waals surface area (Å²) in [6, 6.07) is 4.79. The lowest BCUT2D eigenvalue weighted by atomic mass is 10.2. The maximum atomic E-state index is 11.9. The molecule has 1 atom stereocenters. The lowest BCUT2D eigenvalue weighted by molar-refractivity contribution is 0.251. The van der Waals surface area contributed by atoms with Gasteiger partial charge in [-0.25, -0.2) is 9.78 Å². The Morgan fingerprint density at radius 3 is 3.00 bits per heavy atom. The van der Waals surface area contributed by atoms with Crippen molar-refractivity contribution in [2.45, 2.75) is 12.8 Å². The quantitative estimate of drug-likeness (QED) is 0.880. The summed E-state index contributed by atoms with van der Waals surface area (Å²) < 4.78 is 5.10. The molecule has 112 valence electrons. The van der Waals surface area contributed by atoms with Crippen LogP contribution in [0.25, 0.3) is 0 Å². The average Bonchev–Trinajstić information content (AvgIpc) is 3.01. The Bertz CT molecular complexity index is 604. The summed E-state index contributed by atoms with van der Waals surface area (Å²) in [5, 5.41) is 8.98. The first-order chi connectivity index (χ1) is 10.1. The van der Waals surface area contributed by atoms with E-state index in [9.17, 15) is 4.79 Å². The Hall–Kier alpha value is -1.79. The average molecular weight is 326 g/mol. The number of methoxy groups -OCH3 is 1. The van der Waals surface area contributed by atoms with Gasteiger partial charge in [-0.05, 0) is 12.1 Å². The monoisotopic (exact) mass is 325 g/mol. The molecule has 2 N–H and O–H groups in total. The van der Waals surface area contributed by atoms with Crippen LogP contribution in [0.5, 0.6) is 5.75 Å². The maximum absolute atomic E-state index is 11.9. The summed E-state index contributed by atoms with van der Waals surface area (Å²) in [6.07, 6.45) is 1.76. The first-order valence-corrected chi connectivity index (χ1v) is 7.63. The topological polar surface area (TPSA) is 63.2 Å². The highest BCUT2D eigenvalue weighted by molar-refractivity contribution is 7.09. The fraction of sp³-hybridized carbons (Fsp3) is 0.286. The molecule has 2 rings (SSSR count). The molecule has 5 nitrogen and oxygen atoms in total. The minimum Gasteiger partial charge on any atom is -0.495 e. The van der Waals surface area contributed by atoms with Crippen LogP contribution in [0.2, 0.25) is 5.02 Å². The fourth-order valence-electron chi connectivity index (χ4n) is 1.72. The van der Waals surface area contributed by atoms with Gasteiger partial charge >= 0.3 is 6.03 Å². The third-order valence-electron chi connectivity index (χ3n) is 2.85. The van der Waals surface area contributed by atoms with Gasteiger partial charge in [0.25, 0.3) is 0 Å². The van der Waals surface area contributed by atoms with Crippen molar-refractivity contribution in [1.29, 1.82) is 0 Å². The molecule has 0 aliphatic heterocycles. The van der Waals surface area contributed by atoms with Crippen LogP contribution in [-0.2, 0) is 0 Å². The summed E-state index contributed by atoms with van der Waals surface area (Å²) in [5.41, 5.74) is 0.621. The molecule has 1 heterocycles. The highest BCUT2D eigenvalue weighted by Gasteiger charge is 2.10. The van der Waals surface area contributed by atoms with Gasteiger partial charge in [0.1, 0.15) is 5.75 Å². The SMILES string of the molecule is COc1cc(NC(=O)NC[C@H](C)c2nccs2)ccc1Cl. The lowest BCUT2D eigenvalue weighted by Gasteiger charge is -2.12. The van der Waals surface area contributed by atoms with Gasteiger partial charge in [-0.15, -0.1) is 11.3 Å². The molecule has 0 saturated carbocycles. The smallest absolute Gasteiger partial charge is 0.319 e. The van der Waals surface area contributed by atoms with Crippen molar-refractivity contribution in [3.05, 3.63) is 39.8 Å². The zero-order chi connectivity index (χ0) is 15.2. The number of ether oxygens (including phenoxy) is 1. The normalized spacial score (nSPS) is 11.8. The van der Waals surface area contributed by atoms with Crippen molar-refractivity contribution in [2.75, 3.05) is 19.0 Å². The van der Waals surface area contributed by atoms with Crippen LogP contribution in [0, 0.1) is 0 Å². The predicted molar refractivity (Wildman–Crippen MR) is 85.6 cm³/mol. The fourth-order valence-corrected chi connectivity index (χ4v) is 2.62. The van der Waals surface area contributed by atoms with E-state index in [0.717, 1.165) is 5.01 Å². The molecule has 2 aromatic rings. The molecular formula is C14H16ClN3O2S. The highest BCUT2D eigenvalue weighted by atomic mass is 35.5. The van der Waals surface area contributed by atoms with E-state index in [1.165, 1.54) is 7.11 Å². The highest BCUT2D eigenvalue weighted by Crippen LogP contribution is 2.27. The predicted octanol–water partition coefficient (Wildman–Crippen LogP) is 3.73. The molecule has 0 fully saturated rings. The number of hydrogen-bond donors (Lipinski definition) is 2. The minimum atomic E-state index is -0.275. The summed E-state index contributed by atoms with van der Waals surface area (Å²) in [4.78, 5) is 16.1. The molecule has 0 bridgehead atoms. The van der Waals surface area contributed by atoms with E-state index in [4.69, 9.17) is 16.3 Å². The first kappa shape index (κ1) is 15.6. The van der Waals surface area contributed by atoms with Crippen molar-refractivity contribution < 1.29 is 9.53 Å². The van der Waals surface area contributed by atoms with E-state index < -0.39 is 0 Å². The molecule has 1 aromatic carbocycles. The van der Waals surface area contributed by atoms with Gasteiger partial charge < -0.3 is 15.4 Å². The first-order valence-electron chi connectivity index (χ1n) is 6.38. The van der Waals surface area contributed by atoms with Gasteiger partial charge in [-0.1, -0.05) is 18.5 Å². The van der Waals surface area contributed by atoms with Gasteiger partial charge in [0.2, 0.25) is 0 Å². The standard InChI is InChI=1S/C14H16ClN3O2S/c1-9(13-16-5-6-21-13)8-17-14(19)18-10-3-4-11(15)12(7-10)20-2/h3-7,9H,8H2,1-2H3,(H2,17,18,19)/t9-/m0/s1. The van der Waals surface area contributed by atoms with E-state index in [1.54, 1.807) is 35.7 Å². The van der Waals surface area contributed by atoms with Gasteiger partial charge in [0.15, 0.2) is 0 Å². The van der Waals surface area contributed by atoms with Crippen LogP contribution >= 0.6 is 22.9 Å². The van der Waals surface area contributed by atoms with Crippen LogP contribution in [-0.4, -0.2) is 24.7 Å². The summed E-state index contributed by atoms with van der Waals surface area (Å²) in [7, 11) is 1.53. The van der Waals surface area contributed by atoms with Crippen molar-refractivity contribution in [3.8, 4) is 5.75 Å². The number of benzene rings is 1. The molecular weight excluding hydrogens is 310 g/mol. The lowest BCUT2D eigenvalue weighted by Crippen LogP contribution is -2.31. The molecule has 0 unspecified atom stereocenters. The third-order valence-corrected chi connectivity index (χ3v) is 4.17. The van der Waals surface area contributed by atoms with Gasteiger partial charge in [-0.3, -0.25) is 0 Å². The minimum absolute atomic E-state index is 0.176. The second kappa shape index (κ2) is 7.28. The molecule has 1 aromatic heterocycles. The van der Waals surface area contributed by atoms with Crippen LogP contribution in [0.15, 0.2) is 29.8 Å². The number of halogens is 1. The van der Waals surface area contributed by atoms with Crippen molar-refractivity contribution >= 4 is 34.7 Å². The number of amides is 2. The molecule has 2 amide bonds. The van der Waals surface area contributed by atoms with Crippen molar-refractivity contribution in [1.82, 2.24) is 10.3 Å². The van der Waals surface area contributed by atoms with Gasteiger partial charge in [-0.2, -0.15) is 0 Å². The van der Waals surface area contributed by atoms with E-state index in [1.807, 2.05) is 12.3 Å². The van der Waals surface area contributed by atoms with Crippen LogP contribution in [0.1, 0.15) is 17.8 Å². The molecule has 0 aliphatic carbocycles. The molecule has 7 heteroatoms. The van der Waals surface area contributed by atoms with Crippen LogP contribution in [0.3, 0.4) is 0 Å². The summed E-state index contributed by atoms with van der Waals surface area (Å²) in [5.74, 6) is 0.695. The largest absolute Gasteiger partial charge is 0.495 e. The number of carbonyl (C=O) groups excluding carboxylic acids is 1. The Morgan fingerprint density at radius 1 is 1.52 bits per heavy atom. The Balaban J connectivity index is 1.87. The molecule has 21 heavy (non-hydrogen) atoms. The van der Waals surface area contributed by atoms with E-state index in [-0.39, 0.29) is 11.9 Å². The number of urea groups is 1. The summed E-state index contributed by atoms with van der Waals surface area (Å²) >= 11 is 7.51. The molecule has 0 saturated heterocycles. The van der Waals surface area contributed by atoms with E-state index >= 15 is 0 Å². The van der Waals surface area contributed by atoms with Crippen LogP contribution < -0.4 is 15.4 Å². The second-order valence-corrected chi connectivity index (χ2v) is 5.79. The van der Waals surface area contributed by atoms with Crippen molar-refractivity contribution in [2.24, 2.45) is 0 Å². The van der Waals surface area contributed by atoms with E-state index in [0.29, 0.717) is 23.0 Å². The molecule has 0 aliphatic rings. The molecule has 0 radical (unpaired) electrons. The van der Waals surface area contributed by atoms with Gasteiger partial charge in [0.05, 0.1) is 17.1 Å². The number of rotatable bonds is 5. The van der Waals surface area contributed by atoms with Crippen molar-refractivity contribution in [3.63, 3.8) is 0 Å². The van der Waals surface area contributed by atoms with Gasteiger partial charge in [0, 0.05) is 35.8 Å². The maximum Gasteiger partial charge on any atom is 0.319 e. The Morgan fingerprint density at radius 2 is 2.33 bits per heavy atom. The number of nitrogens with zero attached hydrogens (tertiary/aromatic N) is 1.